The summed E-state index contributed by atoms with van der Waals surface area (Å²) in [5, 5.41) is 6.24. The maximum absolute atomic E-state index is 14.7. The highest BCUT2D eigenvalue weighted by molar-refractivity contribution is 7.48. The number of carbonyl (C=O) groups is 4. The number of ether oxygens (including phenoxy) is 10. The summed E-state index contributed by atoms with van der Waals surface area (Å²) < 4.78 is 96.6. The average Bonchev–Trinajstić information content (AvgIpc) is 0.786. The molecule has 0 unspecified atom stereocenters. The number of carbonyl (C=O) groups excluding carboxylic acids is 4. The first-order chi connectivity index (χ1) is 49.3. The third kappa shape index (κ3) is 44.7. The molecule has 0 spiro atoms. The van der Waals surface area contributed by atoms with Gasteiger partial charge >= 0.3 is 14.0 Å². The van der Waals surface area contributed by atoms with Gasteiger partial charge in [-0.15, -0.1) is 13.2 Å². The van der Waals surface area contributed by atoms with Crippen molar-refractivity contribution in [2.75, 3.05) is 60.5 Å². The molecule has 2 heterocycles. The maximum atomic E-state index is 14.7. The molecule has 2 amide bonds. The molecule has 0 bridgehead atoms. The summed E-state index contributed by atoms with van der Waals surface area (Å²) in [5.41, 5.74) is 0. The number of unbranched alkanes of at least 4 members (excludes halogenated alkanes) is 30. The van der Waals surface area contributed by atoms with E-state index in [1.54, 1.807) is 20.1 Å². The molecule has 0 aromatic rings. The molecule has 20 nitrogen and oxygen atoms in total. The van der Waals surface area contributed by atoms with E-state index in [0.717, 1.165) is 141 Å². The smallest absolute Gasteiger partial charge is 0.471 e. The molecule has 0 aromatic carbocycles. The summed E-state index contributed by atoms with van der Waals surface area (Å²) in [4.78, 5) is 55.9. The molecule has 101 heavy (non-hydrogen) atoms. The second kappa shape index (κ2) is 63.5. The van der Waals surface area contributed by atoms with Crippen LogP contribution >= 0.6 is 7.82 Å². The van der Waals surface area contributed by atoms with E-state index in [1.807, 2.05) is 0 Å². The van der Waals surface area contributed by atoms with Crippen molar-refractivity contribution in [3.05, 3.63) is 62.5 Å². The van der Waals surface area contributed by atoms with Crippen LogP contribution in [0.2, 0.25) is 0 Å². The quantitative estimate of drug-likeness (QED) is 0.0144. The van der Waals surface area contributed by atoms with Gasteiger partial charge < -0.3 is 58.0 Å². The van der Waals surface area contributed by atoms with Crippen LogP contribution in [0, 0.1) is 0 Å². The molecule has 2 aliphatic heterocycles. The molecule has 586 valence electrons. The first-order valence-corrected chi connectivity index (χ1v) is 41.2. The highest BCUT2D eigenvalue weighted by Gasteiger charge is 2.54. The van der Waals surface area contributed by atoms with Gasteiger partial charge in [-0.05, 0) is 64.7 Å². The number of phosphoric ester groups is 1. The third-order valence-electron chi connectivity index (χ3n) is 18.4. The van der Waals surface area contributed by atoms with Gasteiger partial charge in [-0.25, -0.2) is 9.36 Å². The van der Waals surface area contributed by atoms with Crippen molar-refractivity contribution in [3.8, 4) is 0 Å². The minimum absolute atomic E-state index is 0.00483. The Morgan fingerprint density at radius 3 is 1.54 bits per heavy atom. The van der Waals surface area contributed by atoms with E-state index < -0.39 is 81.2 Å². The lowest BCUT2D eigenvalue weighted by Gasteiger charge is -2.47. The van der Waals surface area contributed by atoms with Gasteiger partial charge in [0.25, 0.3) is 0 Å². The molecule has 2 aliphatic rings. The summed E-state index contributed by atoms with van der Waals surface area (Å²) in [5.74, 6) is -1.03. The van der Waals surface area contributed by atoms with Gasteiger partial charge in [0.15, 0.2) is 12.4 Å². The van der Waals surface area contributed by atoms with Gasteiger partial charge in [0.2, 0.25) is 18.1 Å². The number of phosphoric acid groups is 1. The second-order valence-corrected chi connectivity index (χ2v) is 28.9. The van der Waals surface area contributed by atoms with Gasteiger partial charge in [-0.1, -0.05) is 251 Å². The monoisotopic (exact) mass is 1450 g/mol. The third-order valence-corrected chi connectivity index (χ3v) is 19.9. The summed E-state index contributed by atoms with van der Waals surface area (Å²) in [7, 11) is -1.27. The highest BCUT2D eigenvalue weighted by atomic mass is 31.2. The number of ketones is 1. The molecular weight excluding hydrogens is 1310 g/mol. The molecule has 11 atom stereocenters. The maximum Gasteiger partial charge on any atom is 0.509 e. The van der Waals surface area contributed by atoms with Crippen molar-refractivity contribution < 1.29 is 84.7 Å². The highest BCUT2D eigenvalue weighted by Crippen LogP contribution is 2.52. The number of methoxy groups -OCH3 is 2. The molecule has 2 N–H and O–H groups in total. The molecule has 0 aliphatic carbocycles. The van der Waals surface area contributed by atoms with Crippen molar-refractivity contribution >= 4 is 31.6 Å². The minimum Gasteiger partial charge on any atom is -0.471 e. The van der Waals surface area contributed by atoms with Gasteiger partial charge in [0, 0.05) is 46.7 Å². The van der Waals surface area contributed by atoms with Crippen LogP contribution in [-0.4, -0.2) is 152 Å². The molecule has 0 saturated carbocycles. The van der Waals surface area contributed by atoms with Crippen molar-refractivity contribution in [1.82, 2.24) is 10.6 Å². The van der Waals surface area contributed by atoms with E-state index in [-0.39, 0.29) is 89.7 Å². The van der Waals surface area contributed by atoms with Crippen LogP contribution in [0.3, 0.4) is 0 Å². The Morgan fingerprint density at radius 2 is 0.990 bits per heavy atom. The molecule has 2 fully saturated rings. The van der Waals surface area contributed by atoms with E-state index in [2.05, 4.69) is 70.2 Å². The number of nitrogens with one attached hydrogen (secondary N) is 2. The van der Waals surface area contributed by atoms with E-state index in [0.29, 0.717) is 25.7 Å². The van der Waals surface area contributed by atoms with Crippen LogP contribution in [0.15, 0.2) is 62.5 Å². The number of rotatable bonds is 69. The van der Waals surface area contributed by atoms with Crippen molar-refractivity contribution in [2.45, 2.75) is 365 Å². The lowest BCUT2D eigenvalue weighted by Crippen LogP contribution is -2.66. The fraction of sp³-hybridized carbons (Fsp3) is 0.825. The van der Waals surface area contributed by atoms with Crippen LogP contribution in [0.1, 0.15) is 298 Å². The number of hydrogen-bond donors (Lipinski definition) is 2. The van der Waals surface area contributed by atoms with E-state index in [4.69, 9.17) is 60.9 Å². The Bertz CT molecular complexity index is 2190. The van der Waals surface area contributed by atoms with E-state index in [9.17, 15) is 23.7 Å². The van der Waals surface area contributed by atoms with Crippen molar-refractivity contribution in [3.63, 3.8) is 0 Å². The van der Waals surface area contributed by atoms with Gasteiger partial charge in [-0.3, -0.25) is 28.0 Å². The van der Waals surface area contributed by atoms with E-state index >= 15 is 0 Å². The first-order valence-electron chi connectivity index (χ1n) is 39.8. The van der Waals surface area contributed by atoms with Gasteiger partial charge in [0.05, 0.1) is 45.2 Å². The molecule has 2 rings (SSSR count). The largest absolute Gasteiger partial charge is 0.509 e. The minimum atomic E-state index is -4.45. The van der Waals surface area contributed by atoms with Crippen LogP contribution in [0.5, 0.6) is 0 Å². The topological polar surface area (TPSA) is 229 Å². The number of Topliss-reactive ketones (excluding diaryl/α,β-unsaturated/α-hetero) is 1. The van der Waals surface area contributed by atoms with Crippen LogP contribution < -0.4 is 10.6 Å². The Kier molecular flexibility index (Phi) is 58.6. The molecule has 0 aromatic heterocycles. The molecule has 2 saturated heterocycles. The number of amides is 2. The van der Waals surface area contributed by atoms with Gasteiger partial charge in [0.1, 0.15) is 55.0 Å². The Hall–Kier alpha value is -3.79. The summed E-state index contributed by atoms with van der Waals surface area (Å²) in [6.45, 7) is 21.4. The fourth-order valence-electron chi connectivity index (χ4n) is 12.7. The SMILES string of the molecule is C=CCOC(=O)O[C@H]1[C@H](OCCCCCCCCCC)[C@@H](NC(=O)CC(=O)CCCCCCCCCCC)[C@@H](OC=CC)O[C@@H]1CCO[C@@H]1O[C@H](COC)[C@@H](OP(=O)(OCC=C)OCC=C)[C@H](OCC[C@@H](CCCCCCC)OC)[C@H]1NC(=O)CCCCCCCCCC=CCCCCCC. The number of hydrogen-bond acceptors (Lipinski definition) is 18. The lowest BCUT2D eigenvalue weighted by atomic mass is 9.93. The van der Waals surface area contributed by atoms with Crippen molar-refractivity contribution in [1.29, 1.82) is 0 Å². The van der Waals surface area contributed by atoms with Crippen LogP contribution in [0.4, 0.5) is 4.79 Å². The van der Waals surface area contributed by atoms with Gasteiger partial charge in [-0.2, -0.15) is 0 Å². The summed E-state index contributed by atoms with van der Waals surface area (Å²) in [6.07, 6.45) is 41.0. The van der Waals surface area contributed by atoms with Crippen LogP contribution in [-0.2, 0) is 79.9 Å². The predicted molar refractivity (Wildman–Crippen MR) is 403 cm³/mol. The standard InChI is InChI=1S/C80H143N2O18P/c1-11-19-23-27-30-33-34-35-36-37-38-40-42-46-50-54-70(84)81-73-77(91-62-55-67(89-10)53-49-44-26-22-14-4)75(100-101(87,95-59-17-7)96-60-18-8)69(65-88-9)98-79(73)93-63-56-68-74(99-80(86)94-58-16-6)76(90-61-51-47-43-32-29-25-21-13-3)72(78(97-68)92-57-15-5)82-71(85)64-66(83)52-48-45-41-39-31-28-24-20-12-2/h15-18,33-34,57,67-69,72-79H,6-8,11-14,19-32,35-56,58-65H2,1-5,9-10H3,(H,81,84)(H,82,85)/t67-,68-,69-,72-,73-,74-,75-,76-,77-,78+,79-/m1/s1. The summed E-state index contributed by atoms with van der Waals surface area (Å²) in [6, 6.07) is -2.20. The fourth-order valence-corrected chi connectivity index (χ4v) is 14.1. The average molecular weight is 1450 g/mol. The Morgan fingerprint density at radius 1 is 0.505 bits per heavy atom. The van der Waals surface area contributed by atoms with Crippen molar-refractivity contribution in [2.24, 2.45) is 0 Å². The zero-order chi connectivity index (χ0) is 73.7. The lowest BCUT2D eigenvalue weighted by molar-refractivity contribution is -0.285. The molecule has 0 radical (unpaired) electrons. The Labute approximate surface area is 612 Å². The van der Waals surface area contributed by atoms with E-state index in [1.165, 1.54) is 102 Å². The van der Waals surface area contributed by atoms with Crippen LogP contribution in [0.25, 0.3) is 0 Å². The predicted octanol–water partition coefficient (Wildman–Crippen LogP) is 19.2. The zero-order valence-corrected chi connectivity index (χ0v) is 65.1. The molecule has 21 heteroatoms. The normalized spacial score (nSPS) is 21.2. The second-order valence-electron chi connectivity index (χ2n) is 27.2. The zero-order valence-electron chi connectivity index (χ0n) is 64.3. The summed E-state index contributed by atoms with van der Waals surface area (Å²) >= 11 is 0. The number of allylic oxidation sites excluding steroid dienone is 3. The molecular formula is C80H143N2O18P. The first kappa shape index (κ1) is 93.3. The Balaban J connectivity index is 2.68.